The number of rotatable bonds is 5. The summed E-state index contributed by atoms with van der Waals surface area (Å²) in [6, 6.07) is 0.455. The van der Waals surface area contributed by atoms with Gasteiger partial charge in [-0.15, -0.1) is 0 Å². The Morgan fingerprint density at radius 3 is 2.61 bits per heavy atom. The van der Waals surface area contributed by atoms with Gasteiger partial charge in [-0.1, -0.05) is 13.8 Å². The van der Waals surface area contributed by atoms with Crippen molar-refractivity contribution in [3.05, 3.63) is 0 Å². The lowest BCUT2D eigenvalue weighted by Crippen LogP contribution is -2.57. The van der Waals surface area contributed by atoms with Gasteiger partial charge >= 0.3 is 0 Å². The van der Waals surface area contributed by atoms with Gasteiger partial charge in [-0.05, 0) is 33.2 Å². The number of morpholine rings is 1. The van der Waals surface area contributed by atoms with Gasteiger partial charge in [-0.25, -0.2) is 0 Å². The van der Waals surface area contributed by atoms with Crippen molar-refractivity contribution in [1.82, 2.24) is 10.2 Å². The highest BCUT2D eigenvalue weighted by atomic mass is 16.5. The lowest BCUT2D eigenvalue weighted by Gasteiger charge is -2.46. The molecule has 2 atom stereocenters. The molecule has 0 bridgehead atoms. The largest absolute Gasteiger partial charge is 0.394 e. The predicted octanol–water partition coefficient (Wildman–Crippen LogP) is 1.09. The van der Waals surface area contributed by atoms with Crippen LogP contribution in [0.5, 0.6) is 0 Å². The van der Waals surface area contributed by atoms with Crippen molar-refractivity contribution in [1.29, 1.82) is 0 Å². The Labute approximate surface area is 112 Å². The Balaban J connectivity index is 2.66. The summed E-state index contributed by atoms with van der Waals surface area (Å²) >= 11 is 0. The monoisotopic (exact) mass is 258 g/mol. The van der Waals surface area contributed by atoms with Crippen molar-refractivity contribution in [2.75, 3.05) is 33.3 Å². The number of nitrogens with one attached hydrogen (secondary N) is 1. The molecule has 2 unspecified atom stereocenters. The van der Waals surface area contributed by atoms with E-state index >= 15 is 0 Å². The predicted molar refractivity (Wildman–Crippen MR) is 74.8 cm³/mol. The standard InChI is InChI=1S/C14H30N2O2/c1-11(15-6)13(2,3)9-16-7-12(8-17)18-14(4,5)10-16/h11-12,15,17H,7-10H2,1-6H3. The molecule has 1 rings (SSSR count). The van der Waals surface area contributed by atoms with Crippen LogP contribution in [0.4, 0.5) is 0 Å². The third-order valence-electron chi connectivity index (χ3n) is 3.99. The van der Waals surface area contributed by atoms with Crippen LogP contribution in [0.2, 0.25) is 0 Å². The first kappa shape index (κ1) is 15.9. The molecule has 0 amide bonds. The highest BCUT2D eigenvalue weighted by Gasteiger charge is 2.36. The van der Waals surface area contributed by atoms with E-state index in [1.54, 1.807) is 0 Å². The van der Waals surface area contributed by atoms with Gasteiger partial charge in [0.25, 0.3) is 0 Å². The molecule has 1 aliphatic rings. The van der Waals surface area contributed by atoms with E-state index in [-0.39, 0.29) is 23.7 Å². The first-order valence-electron chi connectivity index (χ1n) is 6.88. The van der Waals surface area contributed by atoms with Crippen LogP contribution in [-0.2, 0) is 4.74 Å². The van der Waals surface area contributed by atoms with E-state index in [0.29, 0.717) is 6.04 Å². The Bertz CT molecular complexity index is 267. The molecule has 1 heterocycles. The van der Waals surface area contributed by atoms with Gasteiger partial charge in [0.15, 0.2) is 0 Å². The molecule has 0 aliphatic carbocycles. The van der Waals surface area contributed by atoms with Crippen molar-refractivity contribution >= 4 is 0 Å². The summed E-state index contributed by atoms with van der Waals surface area (Å²) in [6.45, 7) is 13.8. The minimum atomic E-state index is -0.176. The molecule has 0 spiro atoms. The van der Waals surface area contributed by atoms with Gasteiger partial charge in [-0.2, -0.15) is 0 Å². The van der Waals surface area contributed by atoms with Crippen LogP contribution < -0.4 is 5.32 Å². The molecule has 0 aromatic carbocycles. The second kappa shape index (κ2) is 5.87. The highest BCUT2D eigenvalue weighted by Crippen LogP contribution is 2.27. The third kappa shape index (κ3) is 4.19. The second-order valence-electron chi connectivity index (χ2n) is 6.85. The number of ether oxygens (including phenoxy) is 1. The Kier molecular flexibility index (Phi) is 5.18. The molecular formula is C14H30N2O2. The van der Waals surface area contributed by atoms with E-state index in [2.05, 4.69) is 44.8 Å². The summed E-state index contributed by atoms with van der Waals surface area (Å²) in [7, 11) is 2.01. The molecule has 0 saturated carbocycles. The van der Waals surface area contributed by atoms with E-state index in [0.717, 1.165) is 19.6 Å². The minimum absolute atomic E-state index is 0.0607. The molecule has 1 saturated heterocycles. The summed E-state index contributed by atoms with van der Waals surface area (Å²) in [5.74, 6) is 0. The smallest absolute Gasteiger partial charge is 0.0940 e. The number of nitrogens with zero attached hydrogens (tertiary/aromatic N) is 1. The number of hydrogen-bond acceptors (Lipinski definition) is 4. The van der Waals surface area contributed by atoms with Gasteiger partial charge in [0, 0.05) is 25.7 Å². The molecule has 0 aromatic rings. The van der Waals surface area contributed by atoms with Crippen LogP contribution in [0.25, 0.3) is 0 Å². The first-order chi connectivity index (χ1) is 8.20. The summed E-state index contributed by atoms with van der Waals surface area (Å²) in [4.78, 5) is 2.41. The van der Waals surface area contributed by atoms with Crippen molar-refractivity contribution < 1.29 is 9.84 Å². The molecule has 2 N–H and O–H groups in total. The topological polar surface area (TPSA) is 44.7 Å². The van der Waals surface area contributed by atoms with Crippen LogP contribution in [0, 0.1) is 5.41 Å². The van der Waals surface area contributed by atoms with E-state index in [4.69, 9.17) is 4.74 Å². The molecule has 4 heteroatoms. The van der Waals surface area contributed by atoms with Gasteiger partial charge in [0.1, 0.15) is 0 Å². The van der Waals surface area contributed by atoms with E-state index in [1.165, 1.54) is 0 Å². The maximum absolute atomic E-state index is 9.33. The molecule has 18 heavy (non-hydrogen) atoms. The first-order valence-corrected chi connectivity index (χ1v) is 6.88. The fourth-order valence-corrected chi connectivity index (χ4v) is 2.74. The average Bonchev–Trinajstić information content (AvgIpc) is 2.24. The average molecular weight is 258 g/mol. The maximum Gasteiger partial charge on any atom is 0.0940 e. The molecular weight excluding hydrogens is 228 g/mol. The van der Waals surface area contributed by atoms with Crippen LogP contribution in [0.1, 0.15) is 34.6 Å². The molecule has 4 nitrogen and oxygen atoms in total. The van der Waals surface area contributed by atoms with Crippen molar-refractivity contribution in [2.45, 2.75) is 52.4 Å². The van der Waals surface area contributed by atoms with Crippen LogP contribution >= 0.6 is 0 Å². The summed E-state index contributed by atoms with van der Waals surface area (Å²) < 4.78 is 5.85. The Morgan fingerprint density at radius 1 is 1.50 bits per heavy atom. The van der Waals surface area contributed by atoms with Gasteiger partial charge in [0.05, 0.1) is 18.3 Å². The normalized spacial score (nSPS) is 27.2. The van der Waals surface area contributed by atoms with Gasteiger partial charge in [0.2, 0.25) is 0 Å². The Hall–Kier alpha value is -0.160. The summed E-state index contributed by atoms with van der Waals surface area (Å²) in [6.07, 6.45) is -0.0607. The fourth-order valence-electron chi connectivity index (χ4n) is 2.74. The van der Waals surface area contributed by atoms with Crippen LogP contribution in [-0.4, -0.2) is 61.0 Å². The molecule has 0 aromatic heterocycles. The van der Waals surface area contributed by atoms with Crippen molar-refractivity contribution in [2.24, 2.45) is 5.41 Å². The van der Waals surface area contributed by atoms with Crippen molar-refractivity contribution in [3.63, 3.8) is 0 Å². The molecule has 1 fully saturated rings. The molecule has 108 valence electrons. The SMILES string of the molecule is CNC(C)C(C)(C)CN1CC(CO)OC(C)(C)C1. The number of aliphatic hydroxyl groups is 1. The van der Waals surface area contributed by atoms with E-state index in [9.17, 15) is 5.11 Å². The minimum Gasteiger partial charge on any atom is -0.394 e. The summed E-state index contributed by atoms with van der Waals surface area (Å²) in [5, 5.41) is 12.7. The lowest BCUT2D eigenvalue weighted by molar-refractivity contribution is -0.153. The highest BCUT2D eigenvalue weighted by molar-refractivity contribution is 4.89. The maximum atomic E-state index is 9.33. The quantitative estimate of drug-likeness (QED) is 0.775. The second-order valence-corrected chi connectivity index (χ2v) is 6.85. The number of hydrogen-bond donors (Lipinski definition) is 2. The zero-order chi connectivity index (χ0) is 14.0. The Morgan fingerprint density at radius 2 is 2.11 bits per heavy atom. The molecule has 0 radical (unpaired) electrons. The van der Waals surface area contributed by atoms with Crippen molar-refractivity contribution in [3.8, 4) is 0 Å². The lowest BCUT2D eigenvalue weighted by atomic mass is 9.84. The van der Waals surface area contributed by atoms with E-state index in [1.807, 2.05) is 7.05 Å². The number of aliphatic hydroxyl groups excluding tert-OH is 1. The third-order valence-corrected chi connectivity index (χ3v) is 3.99. The summed E-state index contributed by atoms with van der Waals surface area (Å²) in [5.41, 5.74) is 0.0206. The van der Waals surface area contributed by atoms with E-state index < -0.39 is 0 Å². The fraction of sp³-hybridized carbons (Fsp3) is 1.00. The van der Waals surface area contributed by atoms with Gasteiger partial charge < -0.3 is 15.2 Å². The van der Waals surface area contributed by atoms with Crippen LogP contribution in [0.3, 0.4) is 0 Å². The zero-order valence-corrected chi connectivity index (χ0v) is 12.8. The van der Waals surface area contributed by atoms with Gasteiger partial charge in [-0.3, -0.25) is 4.90 Å². The van der Waals surface area contributed by atoms with Crippen LogP contribution in [0.15, 0.2) is 0 Å². The zero-order valence-electron chi connectivity index (χ0n) is 12.8. The molecule has 1 aliphatic heterocycles.